The van der Waals surface area contributed by atoms with Crippen LogP contribution in [0.25, 0.3) is 0 Å². The first-order valence-corrected chi connectivity index (χ1v) is 6.30. The summed E-state index contributed by atoms with van der Waals surface area (Å²) in [5.74, 6) is 1.35. The highest BCUT2D eigenvalue weighted by Gasteiger charge is 2.10. The Kier molecular flexibility index (Phi) is 5.95. The molecule has 1 aromatic carbocycles. The number of hydrogen-bond donors (Lipinski definition) is 2. The number of aliphatic hydroxyl groups is 1. The minimum Gasteiger partial charge on any atom is -0.493 e. The van der Waals surface area contributed by atoms with Crippen molar-refractivity contribution in [3.05, 3.63) is 23.8 Å². The second kappa shape index (κ2) is 7.24. The number of ether oxygens (including phenoxy) is 2. The van der Waals surface area contributed by atoms with Gasteiger partial charge in [-0.15, -0.1) is 0 Å². The molecule has 2 atom stereocenters. The molecule has 0 spiro atoms. The highest BCUT2D eigenvalue weighted by Crippen LogP contribution is 2.30. The zero-order valence-electron chi connectivity index (χ0n) is 11.6. The van der Waals surface area contributed by atoms with Crippen molar-refractivity contribution in [2.24, 2.45) is 0 Å². The van der Waals surface area contributed by atoms with Gasteiger partial charge in [-0.1, -0.05) is 13.0 Å². The lowest BCUT2D eigenvalue weighted by molar-refractivity contribution is 0.120. The van der Waals surface area contributed by atoms with E-state index in [0.717, 1.165) is 12.1 Å². The monoisotopic (exact) mass is 253 g/mol. The van der Waals surface area contributed by atoms with Crippen LogP contribution in [0, 0.1) is 0 Å². The summed E-state index contributed by atoms with van der Waals surface area (Å²) in [6.07, 6.45) is -0.491. The van der Waals surface area contributed by atoms with E-state index in [-0.39, 0.29) is 12.6 Å². The fraction of sp³-hybridized carbons (Fsp3) is 0.571. The molecule has 0 heterocycles. The first kappa shape index (κ1) is 14.8. The summed E-state index contributed by atoms with van der Waals surface area (Å²) in [5.41, 5.74) is 1.15. The van der Waals surface area contributed by atoms with Crippen molar-refractivity contribution in [2.45, 2.75) is 32.9 Å². The van der Waals surface area contributed by atoms with Crippen molar-refractivity contribution in [3.8, 4) is 11.5 Å². The summed E-state index contributed by atoms with van der Waals surface area (Å²) in [5, 5.41) is 12.6. The lowest BCUT2D eigenvalue weighted by Crippen LogP contribution is -2.18. The lowest BCUT2D eigenvalue weighted by Gasteiger charge is -2.16. The minimum absolute atomic E-state index is 0.262. The Morgan fingerprint density at radius 3 is 2.56 bits per heavy atom. The van der Waals surface area contributed by atoms with Crippen LogP contribution in [0.2, 0.25) is 0 Å². The second-order valence-electron chi connectivity index (χ2n) is 4.35. The van der Waals surface area contributed by atoms with Gasteiger partial charge in [0.1, 0.15) is 6.61 Å². The summed E-state index contributed by atoms with van der Waals surface area (Å²) in [7, 11) is 1.62. The van der Waals surface area contributed by atoms with E-state index in [0.29, 0.717) is 11.5 Å². The molecule has 0 aliphatic carbocycles. The van der Waals surface area contributed by atoms with Crippen LogP contribution >= 0.6 is 0 Å². The molecule has 0 amide bonds. The topological polar surface area (TPSA) is 50.7 Å². The Labute approximate surface area is 109 Å². The predicted molar refractivity (Wildman–Crippen MR) is 72.3 cm³/mol. The van der Waals surface area contributed by atoms with Gasteiger partial charge in [-0.25, -0.2) is 0 Å². The Bertz CT molecular complexity index is 366. The predicted octanol–water partition coefficient (Wildman–Crippen LogP) is 2.13. The van der Waals surface area contributed by atoms with Gasteiger partial charge < -0.3 is 19.9 Å². The van der Waals surface area contributed by atoms with Crippen LogP contribution in [0.3, 0.4) is 0 Å². The molecule has 0 aliphatic heterocycles. The Morgan fingerprint density at radius 2 is 2.00 bits per heavy atom. The van der Waals surface area contributed by atoms with Crippen LogP contribution in [0.4, 0.5) is 0 Å². The number of benzene rings is 1. The fourth-order valence-corrected chi connectivity index (χ4v) is 1.71. The average Bonchev–Trinajstić information content (AvgIpc) is 2.36. The Morgan fingerprint density at radius 1 is 1.28 bits per heavy atom. The molecule has 0 saturated heterocycles. The van der Waals surface area contributed by atoms with Gasteiger partial charge in [-0.05, 0) is 38.1 Å². The van der Waals surface area contributed by atoms with E-state index in [9.17, 15) is 5.11 Å². The number of hydrogen-bond acceptors (Lipinski definition) is 4. The third-order valence-electron chi connectivity index (χ3n) is 2.68. The zero-order valence-corrected chi connectivity index (χ0v) is 11.6. The number of methoxy groups -OCH3 is 1. The van der Waals surface area contributed by atoms with E-state index in [1.54, 1.807) is 14.0 Å². The molecular weight excluding hydrogens is 230 g/mol. The molecule has 2 unspecified atom stereocenters. The van der Waals surface area contributed by atoms with Crippen LogP contribution in [0.15, 0.2) is 18.2 Å². The van der Waals surface area contributed by atoms with E-state index in [1.165, 1.54) is 0 Å². The summed E-state index contributed by atoms with van der Waals surface area (Å²) >= 11 is 0. The molecule has 4 nitrogen and oxygen atoms in total. The number of aliphatic hydroxyl groups excluding tert-OH is 1. The van der Waals surface area contributed by atoms with Crippen LogP contribution in [-0.4, -0.2) is 31.5 Å². The number of nitrogens with one attached hydrogen (secondary N) is 1. The lowest BCUT2D eigenvalue weighted by atomic mass is 10.1. The van der Waals surface area contributed by atoms with Gasteiger partial charge in [0.05, 0.1) is 13.2 Å². The summed E-state index contributed by atoms with van der Waals surface area (Å²) in [6.45, 7) is 7.05. The number of rotatable bonds is 7. The van der Waals surface area contributed by atoms with Crippen molar-refractivity contribution < 1.29 is 14.6 Å². The first-order chi connectivity index (χ1) is 8.58. The summed E-state index contributed by atoms with van der Waals surface area (Å²) < 4.78 is 10.8. The first-order valence-electron chi connectivity index (χ1n) is 6.30. The van der Waals surface area contributed by atoms with E-state index < -0.39 is 6.10 Å². The maximum absolute atomic E-state index is 9.21. The van der Waals surface area contributed by atoms with Crippen molar-refractivity contribution in [3.63, 3.8) is 0 Å². The van der Waals surface area contributed by atoms with Crippen molar-refractivity contribution in [1.29, 1.82) is 0 Å². The smallest absolute Gasteiger partial charge is 0.161 e. The molecule has 0 aromatic heterocycles. The van der Waals surface area contributed by atoms with Gasteiger partial charge in [0.25, 0.3) is 0 Å². The summed E-state index contributed by atoms with van der Waals surface area (Å²) in [4.78, 5) is 0. The Balaban J connectivity index is 2.82. The second-order valence-corrected chi connectivity index (χ2v) is 4.35. The SMILES string of the molecule is CCNC(C)c1ccc(OCC(C)O)c(OC)c1. The van der Waals surface area contributed by atoms with Gasteiger partial charge in [-0.2, -0.15) is 0 Å². The van der Waals surface area contributed by atoms with Crippen LogP contribution in [-0.2, 0) is 0 Å². The zero-order chi connectivity index (χ0) is 13.5. The van der Waals surface area contributed by atoms with E-state index >= 15 is 0 Å². The fourth-order valence-electron chi connectivity index (χ4n) is 1.71. The quantitative estimate of drug-likeness (QED) is 0.781. The van der Waals surface area contributed by atoms with Crippen molar-refractivity contribution in [2.75, 3.05) is 20.3 Å². The average molecular weight is 253 g/mol. The van der Waals surface area contributed by atoms with Crippen molar-refractivity contribution >= 4 is 0 Å². The standard InChI is InChI=1S/C14H23NO3/c1-5-15-11(3)12-6-7-13(14(8-12)17-4)18-9-10(2)16/h6-8,10-11,15-16H,5,9H2,1-4H3. The van der Waals surface area contributed by atoms with Gasteiger partial charge >= 0.3 is 0 Å². The van der Waals surface area contributed by atoms with E-state index in [1.807, 2.05) is 18.2 Å². The summed E-state index contributed by atoms with van der Waals surface area (Å²) in [6, 6.07) is 6.12. The molecule has 0 aliphatic rings. The maximum Gasteiger partial charge on any atom is 0.161 e. The molecule has 1 aromatic rings. The van der Waals surface area contributed by atoms with Crippen molar-refractivity contribution in [1.82, 2.24) is 5.32 Å². The van der Waals surface area contributed by atoms with Crippen LogP contribution in [0.1, 0.15) is 32.4 Å². The van der Waals surface area contributed by atoms with Gasteiger partial charge in [0, 0.05) is 6.04 Å². The van der Waals surface area contributed by atoms with E-state index in [4.69, 9.17) is 9.47 Å². The third kappa shape index (κ3) is 4.20. The largest absolute Gasteiger partial charge is 0.493 e. The molecule has 0 radical (unpaired) electrons. The molecule has 102 valence electrons. The molecule has 18 heavy (non-hydrogen) atoms. The molecule has 4 heteroatoms. The molecule has 0 saturated carbocycles. The van der Waals surface area contributed by atoms with Gasteiger partial charge in [0.15, 0.2) is 11.5 Å². The minimum atomic E-state index is -0.491. The normalized spacial score (nSPS) is 14.1. The highest BCUT2D eigenvalue weighted by atomic mass is 16.5. The Hall–Kier alpha value is -1.26. The highest BCUT2D eigenvalue weighted by molar-refractivity contribution is 5.43. The van der Waals surface area contributed by atoms with Crippen LogP contribution < -0.4 is 14.8 Å². The van der Waals surface area contributed by atoms with Crippen LogP contribution in [0.5, 0.6) is 11.5 Å². The maximum atomic E-state index is 9.21. The molecule has 1 rings (SSSR count). The third-order valence-corrected chi connectivity index (χ3v) is 2.68. The molecule has 0 fully saturated rings. The van der Waals surface area contributed by atoms with Gasteiger partial charge in [0.2, 0.25) is 0 Å². The molecule has 0 bridgehead atoms. The molecule has 2 N–H and O–H groups in total. The molecular formula is C14H23NO3. The van der Waals surface area contributed by atoms with Gasteiger partial charge in [-0.3, -0.25) is 0 Å². The van der Waals surface area contributed by atoms with E-state index in [2.05, 4.69) is 19.2 Å².